The van der Waals surface area contributed by atoms with Gasteiger partial charge < -0.3 is 19.9 Å². The molecule has 0 radical (unpaired) electrons. The third-order valence-electron chi connectivity index (χ3n) is 3.62. The molecule has 25 heavy (non-hydrogen) atoms. The Labute approximate surface area is 146 Å². The Morgan fingerprint density at radius 2 is 1.64 bits per heavy atom. The molecule has 6 nitrogen and oxygen atoms in total. The highest BCUT2D eigenvalue weighted by atomic mass is 16.5. The lowest BCUT2D eigenvalue weighted by atomic mass is 10.0. The third-order valence-corrected chi connectivity index (χ3v) is 3.62. The minimum Gasteiger partial charge on any atom is -0.497 e. The van der Waals surface area contributed by atoms with Crippen LogP contribution in [-0.2, 0) is 9.59 Å². The first-order chi connectivity index (χ1) is 12.0. The zero-order valence-corrected chi connectivity index (χ0v) is 14.2. The third kappa shape index (κ3) is 5.84. The molecule has 0 aromatic heterocycles. The maximum atomic E-state index is 12.1. The Bertz CT molecular complexity index is 710. The summed E-state index contributed by atoms with van der Waals surface area (Å²) in [6, 6.07) is 13.6. The van der Waals surface area contributed by atoms with Crippen LogP contribution in [0, 0.1) is 6.92 Å². The first-order valence-corrected chi connectivity index (χ1v) is 7.82. The fourth-order valence-electron chi connectivity index (χ4n) is 2.28. The number of ether oxygens (including phenoxy) is 2. The molecule has 0 bridgehead atoms. The van der Waals surface area contributed by atoms with Crippen LogP contribution >= 0.6 is 0 Å². The number of hydrogen-bond donors (Lipinski definition) is 2. The summed E-state index contributed by atoms with van der Waals surface area (Å²) in [5.74, 6) is -0.143. The first kappa shape index (κ1) is 18.3. The molecule has 2 aromatic carbocycles. The summed E-state index contributed by atoms with van der Waals surface area (Å²) in [5.41, 5.74) is 1.78. The van der Waals surface area contributed by atoms with Gasteiger partial charge in [-0.3, -0.25) is 9.59 Å². The van der Waals surface area contributed by atoms with Crippen molar-refractivity contribution >= 4 is 11.9 Å². The van der Waals surface area contributed by atoms with E-state index in [2.05, 4.69) is 5.32 Å². The fraction of sp³-hybridized carbons (Fsp3) is 0.263. The molecule has 0 saturated carbocycles. The number of nitrogens with one attached hydrogen (secondary N) is 1. The van der Waals surface area contributed by atoms with Crippen LogP contribution in [0.15, 0.2) is 48.5 Å². The number of rotatable bonds is 8. The molecule has 6 heteroatoms. The van der Waals surface area contributed by atoms with Crippen molar-refractivity contribution in [2.45, 2.75) is 19.4 Å². The molecule has 2 N–H and O–H groups in total. The minimum atomic E-state index is -0.999. The molecule has 0 aliphatic rings. The molecule has 0 aliphatic heterocycles. The number of methoxy groups -OCH3 is 1. The number of carboxylic acids is 1. The average Bonchev–Trinajstić information content (AvgIpc) is 2.60. The summed E-state index contributed by atoms with van der Waals surface area (Å²) in [4.78, 5) is 23.2. The molecule has 132 valence electrons. The van der Waals surface area contributed by atoms with E-state index in [0.717, 1.165) is 5.56 Å². The predicted molar refractivity (Wildman–Crippen MR) is 92.8 cm³/mol. The van der Waals surface area contributed by atoms with Crippen LogP contribution in [0.3, 0.4) is 0 Å². The van der Waals surface area contributed by atoms with Crippen molar-refractivity contribution in [1.82, 2.24) is 5.32 Å². The molecular formula is C19H21NO5. The predicted octanol–water partition coefficient (Wildman–Crippen LogP) is 2.71. The number of aliphatic carboxylic acids is 1. The number of amides is 1. The monoisotopic (exact) mass is 343 g/mol. The van der Waals surface area contributed by atoms with Crippen LogP contribution in [0.1, 0.15) is 23.6 Å². The lowest BCUT2D eigenvalue weighted by Crippen LogP contribution is -2.33. The van der Waals surface area contributed by atoms with Crippen molar-refractivity contribution < 1.29 is 24.2 Å². The van der Waals surface area contributed by atoms with Crippen molar-refractivity contribution in [2.24, 2.45) is 0 Å². The van der Waals surface area contributed by atoms with Crippen LogP contribution in [0.4, 0.5) is 0 Å². The van der Waals surface area contributed by atoms with Crippen molar-refractivity contribution in [3.63, 3.8) is 0 Å². The van der Waals surface area contributed by atoms with Gasteiger partial charge in [0.05, 0.1) is 19.6 Å². The molecule has 0 aliphatic carbocycles. The van der Waals surface area contributed by atoms with Crippen LogP contribution in [0.2, 0.25) is 0 Å². The summed E-state index contributed by atoms with van der Waals surface area (Å²) in [6.07, 6.45) is -0.220. The van der Waals surface area contributed by atoms with Gasteiger partial charge in [-0.2, -0.15) is 0 Å². The van der Waals surface area contributed by atoms with Gasteiger partial charge in [0, 0.05) is 0 Å². The molecule has 2 rings (SSSR count). The smallest absolute Gasteiger partial charge is 0.305 e. The average molecular weight is 343 g/mol. The van der Waals surface area contributed by atoms with Gasteiger partial charge in [0.15, 0.2) is 6.61 Å². The van der Waals surface area contributed by atoms with E-state index < -0.39 is 12.0 Å². The standard InChI is InChI=1S/C19H21NO5/c1-13-3-7-16(8-4-13)25-12-18(21)20-17(11-19(22)23)14-5-9-15(24-2)10-6-14/h3-10,17H,11-12H2,1-2H3,(H,20,21)(H,22,23)/t17-/m0/s1. The van der Waals surface area contributed by atoms with Gasteiger partial charge in [-0.1, -0.05) is 29.8 Å². The maximum absolute atomic E-state index is 12.1. The number of hydrogen-bond acceptors (Lipinski definition) is 4. The second-order valence-electron chi connectivity index (χ2n) is 5.59. The largest absolute Gasteiger partial charge is 0.497 e. The Hall–Kier alpha value is -3.02. The highest BCUT2D eigenvalue weighted by molar-refractivity contribution is 5.79. The van der Waals surface area contributed by atoms with Crippen LogP contribution < -0.4 is 14.8 Å². The summed E-state index contributed by atoms with van der Waals surface area (Å²) in [5, 5.41) is 11.8. The van der Waals surface area contributed by atoms with Gasteiger partial charge >= 0.3 is 5.97 Å². The molecule has 0 fully saturated rings. The van der Waals surface area contributed by atoms with E-state index in [1.165, 1.54) is 0 Å². The molecule has 0 saturated heterocycles. The van der Waals surface area contributed by atoms with Crippen molar-refractivity contribution in [3.8, 4) is 11.5 Å². The Morgan fingerprint density at radius 3 is 2.20 bits per heavy atom. The fourth-order valence-corrected chi connectivity index (χ4v) is 2.28. The van der Waals surface area contributed by atoms with Gasteiger partial charge in [0.25, 0.3) is 5.91 Å². The lowest BCUT2D eigenvalue weighted by Gasteiger charge is -2.18. The summed E-state index contributed by atoms with van der Waals surface area (Å²) < 4.78 is 10.5. The number of carboxylic acid groups (broad SMARTS) is 1. The van der Waals surface area contributed by atoms with Gasteiger partial charge in [0.2, 0.25) is 0 Å². The highest BCUT2D eigenvalue weighted by Crippen LogP contribution is 2.20. The van der Waals surface area contributed by atoms with Gasteiger partial charge in [-0.25, -0.2) is 0 Å². The van der Waals surface area contributed by atoms with E-state index in [9.17, 15) is 9.59 Å². The summed E-state index contributed by atoms with van der Waals surface area (Å²) in [7, 11) is 1.55. The minimum absolute atomic E-state index is 0.185. The van der Waals surface area contributed by atoms with E-state index in [4.69, 9.17) is 14.6 Å². The molecule has 0 unspecified atom stereocenters. The van der Waals surface area contributed by atoms with E-state index >= 15 is 0 Å². The van der Waals surface area contributed by atoms with Gasteiger partial charge in [-0.05, 0) is 36.8 Å². The molecule has 1 atom stereocenters. The molecule has 1 amide bonds. The number of benzene rings is 2. The number of carbonyl (C=O) groups is 2. The summed E-state index contributed by atoms with van der Waals surface area (Å²) >= 11 is 0. The normalized spacial score (nSPS) is 11.4. The lowest BCUT2D eigenvalue weighted by molar-refractivity contribution is -0.137. The van der Waals surface area contributed by atoms with Crippen molar-refractivity contribution in [1.29, 1.82) is 0 Å². The second kappa shape index (κ2) is 8.73. The quantitative estimate of drug-likeness (QED) is 0.770. The molecule has 0 heterocycles. The Kier molecular flexibility index (Phi) is 6.39. The molecule has 0 spiro atoms. The SMILES string of the molecule is COc1ccc([C@H](CC(=O)O)NC(=O)COc2ccc(C)cc2)cc1. The van der Waals surface area contributed by atoms with Gasteiger partial charge in [0.1, 0.15) is 11.5 Å². The zero-order valence-electron chi connectivity index (χ0n) is 14.2. The van der Waals surface area contributed by atoms with E-state index in [1.807, 2.05) is 19.1 Å². The second-order valence-corrected chi connectivity index (χ2v) is 5.59. The van der Waals surface area contributed by atoms with E-state index in [-0.39, 0.29) is 18.9 Å². The van der Waals surface area contributed by atoms with Crippen molar-refractivity contribution in [3.05, 3.63) is 59.7 Å². The topological polar surface area (TPSA) is 84.9 Å². The van der Waals surface area contributed by atoms with Crippen LogP contribution in [0.25, 0.3) is 0 Å². The Balaban J connectivity index is 1.98. The Morgan fingerprint density at radius 1 is 1.04 bits per heavy atom. The van der Waals surface area contributed by atoms with E-state index in [0.29, 0.717) is 17.1 Å². The van der Waals surface area contributed by atoms with Gasteiger partial charge in [-0.15, -0.1) is 0 Å². The van der Waals surface area contributed by atoms with Crippen LogP contribution in [-0.4, -0.2) is 30.7 Å². The molecular weight excluding hydrogens is 322 g/mol. The van der Waals surface area contributed by atoms with Crippen molar-refractivity contribution in [2.75, 3.05) is 13.7 Å². The summed E-state index contributed by atoms with van der Waals surface area (Å²) in [6.45, 7) is 1.77. The zero-order chi connectivity index (χ0) is 18.2. The molecule has 2 aromatic rings. The number of aryl methyl sites for hydroxylation is 1. The first-order valence-electron chi connectivity index (χ1n) is 7.82. The van der Waals surface area contributed by atoms with Crippen LogP contribution in [0.5, 0.6) is 11.5 Å². The number of carbonyl (C=O) groups excluding carboxylic acids is 1. The highest BCUT2D eigenvalue weighted by Gasteiger charge is 2.18. The van der Waals surface area contributed by atoms with E-state index in [1.54, 1.807) is 43.5 Å². The maximum Gasteiger partial charge on any atom is 0.305 e.